The number of thiophene rings is 1. The van der Waals surface area contributed by atoms with Crippen molar-refractivity contribution >= 4 is 22.9 Å². The molecule has 2 nitrogen and oxygen atoms in total. The molecule has 1 heterocycles. The summed E-state index contributed by atoms with van der Waals surface area (Å²) in [5, 5.41) is 8.44. The molecule has 0 spiro atoms. The van der Waals surface area contributed by atoms with Crippen molar-refractivity contribution in [1.82, 2.24) is 5.32 Å². The first-order valence-corrected chi connectivity index (χ1v) is 8.61. The highest BCUT2D eigenvalue weighted by molar-refractivity contribution is 7.07. The normalized spacial score (nSPS) is 11.0. The SMILES string of the molecule is CC(C)CNCc1c(Cl)cccc1OCCc1ccsc1. The third-order valence-corrected chi connectivity index (χ3v) is 4.24. The zero-order chi connectivity index (χ0) is 15.1. The minimum atomic E-state index is 0.621. The van der Waals surface area contributed by atoms with E-state index in [2.05, 4.69) is 36.0 Å². The molecule has 1 aromatic heterocycles. The largest absolute Gasteiger partial charge is 0.493 e. The number of ether oxygens (including phenoxy) is 1. The lowest BCUT2D eigenvalue weighted by Gasteiger charge is -2.14. The smallest absolute Gasteiger partial charge is 0.125 e. The molecule has 0 aliphatic heterocycles. The quantitative estimate of drug-likeness (QED) is 0.755. The van der Waals surface area contributed by atoms with Gasteiger partial charge in [-0.1, -0.05) is 31.5 Å². The Hall–Kier alpha value is -1.03. The van der Waals surface area contributed by atoms with Crippen LogP contribution in [0.3, 0.4) is 0 Å². The summed E-state index contributed by atoms with van der Waals surface area (Å²) in [6, 6.07) is 7.98. The maximum absolute atomic E-state index is 6.30. The van der Waals surface area contributed by atoms with Gasteiger partial charge in [0, 0.05) is 23.6 Å². The molecule has 0 bridgehead atoms. The van der Waals surface area contributed by atoms with Gasteiger partial charge in [-0.05, 0) is 47.0 Å². The fourth-order valence-corrected chi connectivity index (χ4v) is 2.98. The van der Waals surface area contributed by atoms with E-state index in [1.165, 1.54) is 5.56 Å². The molecule has 0 unspecified atom stereocenters. The van der Waals surface area contributed by atoms with Gasteiger partial charge in [-0.3, -0.25) is 0 Å². The Labute approximate surface area is 136 Å². The fraction of sp³-hybridized carbons (Fsp3) is 0.412. The molecule has 1 N–H and O–H groups in total. The number of rotatable bonds is 8. The summed E-state index contributed by atoms with van der Waals surface area (Å²) >= 11 is 8.02. The minimum Gasteiger partial charge on any atom is -0.493 e. The molecule has 0 saturated carbocycles. The summed E-state index contributed by atoms with van der Waals surface area (Å²) < 4.78 is 5.93. The van der Waals surface area contributed by atoms with Gasteiger partial charge in [-0.15, -0.1) is 0 Å². The molecular formula is C17H22ClNOS. The van der Waals surface area contributed by atoms with Crippen molar-refractivity contribution < 1.29 is 4.74 Å². The van der Waals surface area contributed by atoms with E-state index < -0.39 is 0 Å². The van der Waals surface area contributed by atoms with E-state index in [9.17, 15) is 0 Å². The van der Waals surface area contributed by atoms with Gasteiger partial charge >= 0.3 is 0 Å². The number of hydrogen-bond donors (Lipinski definition) is 1. The van der Waals surface area contributed by atoms with Crippen molar-refractivity contribution in [2.75, 3.05) is 13.2 Å². The molecule has 0 aliphatic carbocycles. The maximum Gasteiger partial charge on any atom is 0.125 e. The lowest BCUT2D eigenvalue weighted by Crippen LogP contribution is -2.19. The van der Waals surface area contributed by atoms with Gasteiger partial charge in [0.2, 0.25) is 0 Å². The van der Waals surface area contributed by atoms with Crippen LogP contribution in [-0.4, -0.2) is 13.2 Å². The van der Waals surface area contributed by atoms with Gasteiger partial charge in [0.25, 0.3) is 0 Å². The summed E-state index contributed by atoms with van der Waals surface area (Å²) in [5.41, 5.74) is 2.37. The van der Waals surface area contributed by atoms with E-state index in [1.807, 2.05) is 18.2 Å². The molecule has 2 aromatic rings. The highest BCUT2D eigenvalue weighted by Gasteiger charge is 2.08. The number of benzene rings is 1. The van der Waals surface area contributed by atoms with Crippen LogP contribution in [0.2, 0.25) is 5.02 Å². The van der Waals surface area contributed by atoms with Crippen molar-refractivity contribution in [3.63, 3.8) is 0 Å². The van der Waals surface area contributed by atoms with E-state index in [4.69, 9.17) is 16.3 Å². The molecule has 21 heavy (non-hydrogen) atoms. The second-order valence-corrected chi connectivity index (χ2v) is 6.66. The van der Waals surface area contributed by atoms with Crippen LogP contribution in [0.4, 0.5) is 0 Å². The summed E-state index contributed by atoms with van der Waals surface area (Å²) in [5.74, 6) is 1.50. The first kappa shape index (κ1) is 16.3. The Balaban J connectivity index is 1.92. The Morgan fingerprint density at radius 2 is 2.14 bits per heavy atom. The van der Waals surface area contributed by atoms with E-state index in [1.54, 1.807) is 11.3 Å². The third kappa shape index (κ3) is 5.34. The standard InChI is InChI=1S/C17H22ClNOS/c1-13(2)10-19-11-15-16(18)4-3-5-17(15)20-8-6-14-7-9-21-12-14/h3-5,7,9,12-13,19H,6,8,10-11H2,1-2H3. The van der Waals surface area contributed by atoms with Crippen LogP contribution in [0.25, 0.3) is 0 Å². The zero-order valence-electron chi connectivity index (χ0n) is 12.6. The summed E-state index contributed by atoms with van der Waals surface area (Å²) in [6.07, 6.45) is 0.925. The van der Waals surface area contributed by atoms with Gasteiger partial charge < -0.3 is 10.1 Å². The Bertz CT molecular complexity index is 540. The van der Waals surface area contributed by atoms with Crippen LogP contribution in [0, 0.1) is 5.92 Å². The molecule has 0 fully saturated rings. The zero-order valence-corrected chi connectivity index (χ0v) is 14.1. The predicted molar refractivity (Wildman–Crippen MR) is 91.5 cm³/mol. The lowest BCUT2D eigenvalue weighted by molar-refractivity contribution is 0.317. The van der Waals surface area contributed by atoms with Crippen LogP contribution in [-0.2, 0) is 13.0 Å². The van der Waals surface area contributed by atoms with Gasteiger partial charge in [-0.2, -0.15) is 11.3 Å². The first-order valence-electron chi connectivity index (χ1n) is 7.29. The minimum absolute atomic E-state index is 0.621. The molecule has 0 atom stereocenters. The van der Waals surface area contributed by atoms with Gasteiger partial charge in [0.1, 0.15) is 5.75 Å². The van der Waals surface area contributed by atoms with Crippen molar-refractivity contribution in [1.29, 1.82) is 0 Å². The summed E-state index contributed by atoms with van der Waals surface area (Å²) in [7, 11) is 0. The maximum atomic E-state index is 6.30. The van der Waals surface area contributed by atoms with Gasteiger partial charge in [0.05, 0.1) is 6.61 Å². The van der Waals surface area contributed by atoms with Crippen molar-refractivity contribution in [3.05, 3.63) is 51.2 Å². The molecule has 0 amide bonds. The number of halogens is 1. The van der Waals surface area contributed by atoms with E-state index in [-0.39, 0.29) is 0 Å². The van der Waals surface area contributed by atoms with Crippen molar-refractivity contribution in [2.45, 2.75) is 26.8 Å². The summed E-state index contributed by atoms with van der Waals surface area (Å²) in [6.45, 7) is 6.77. The highest BCUT2D eigenvalue weighted by atomic mass is 35.5. The Morgan fingerprint density at radius 3 is 2.86 bits per heavy atom. The first-order chi connectivity index (χ1) is 10.2. The molecular weight excluding hydrogens is 302 g/mol. The van der Waals surface area contributed by atoms with Crippen molar-refractivity contribution in [3.8, 4) is 5.75 Å². The second kappa shape index (κ2) is 8.42. The third-order valence-electron chi connectivity index (χ3n) is 3.16. The van der Waals surface area contributed by atoms with Crippen LogP contribution in [0.15, 0.2) is 35.0 Å². The van der Waals surface area contributed by atoms with Crippen LogP contribution < -0.4 is 10.1 Å². The second-order valence-electron chi connectivity index (χ2n) is 5.47. The van der Waals surface area contributed by atoms with Crippen LogP contribution in [0.5, 0.6) is 5.75 Å². The Morgan fingerprint density at radius 1 is 1.29 bits per heavy atom. The molecule has 2 rings (SSSR count). The van der Waals surface area contributed by atoms with E-state index >= 15 is 0 Å². The average Bonchev–Trinajstić information content (AvgIpc) is 2.94. The number of hydrogen-bond acceptors (Lipinski definition) is 3. The van der Waals surface area contributed by atoms with Gasteiger partial charge in [-0.25, -0.2) is 0 Å². The average molecular weight is 324 g/mol. The molecule has 0 saturated heterocycles. The number of nitrogens with one attached hydrogen (secondary N) is 1. The molecule has 0 radical (unpaired) electrons. The Kier molecular flexibility index (Phi) is 6.55. The monoisotopic (exact) mass is 323 g/mol. The van der Waals surface area contributed by atoms with Gasteiger partial charge in [0.15, 0.2) is 0 Å². The molecule has 1 aromatic carbocycles. The lowest BCUT2D eigenvalue weighted by atomic mass is 10.1. The van der Waals surface area contributed by atoms with Crippen molar-refractivity contribution in [2.24, 2.45) is 5.92 Å². The summed E-state index contributed by atoms with van der Waals surface area (Å²) in [4.78, 5) is 0. The van der Waals surface area contributed by atoms with Crippen LogP contribution in [0.1, 0.15) is 25.0 Å². The van der Waals surface area contributed by atoms with Crippen LogP contribution >= 0.6 is 22.9 Å². The highest BCUT2D eigenvalue weighted by Crippen LogP contribution is 2.26. The molecule has 4 heteroatoms. The molecule has 114 valence electrons. The molecule has 0 aliphatic rings. The predicted octanol–water partition coefficient (Wildman–Crippen LogP) is 4.77. The van der Waals surface area contributed by atoms with E-state index in [0.717, 1.165) is 35.8 Å². The fourth-order valence-electron chi connectivity index (χ4n) is 2.05. The van der Waals surface area contributed by atoms with E-state index in [0.29, 0.717) is 12.5 Å². The topological polar surface area (TPSA) is 21.3 Å².